The largest absolute Gasteiger partial charge is 0.350 e. The molecule has 3 aromatic rings. The van der Waals surface area contributed by atoms with E-state index in [2.05, 4.69) is 21.3 Å². The van der Waals surface area contributed by atoms with Crippen LogP contribution in [0.5, 0.6) is 0 Å². The van der Waals surface area contributed by atoms with Crippen molar-refractivity contribution in [3.63, 3.8) is 0 Å². The van der Waals surface area contributed by atoms with Gasteiger partial charge in [0.2, 0.25) is 0 Å². The van der Waals surface area contributed by atoms with E-state index in [1.165, 1.54) is 16.9 Å². The highest BCUT2D eigenvalue weighted by Gasteiger charge is 2.21. The summed E-state index contributed by atoms with van der Waals surface area (Å²) in [4.78, 5) is 21.6. The highest BCUT2D eigenvalue weighted by molar-refractivity contribution is 7.14. The lowest BCUT2D eigenvalue weighted by Gasteiger charge is -2.32. The average Bonchev–Trinajstić information content (AvgIpc) is 3.28. The zero-order valence-electron chi connectivity index (χ0n) is 17.6. The molecule has 0 aliphatic carbocycles. The molecule has 1 N–H and O–H groups in total. The second-order valence-electron chi connectivity index (χ2n) is 7.99. The zero-order chi connectivity index (χ0) is 21.6. The number of amides is 1. The molecule has 0 radical (unpaired) electrons. The first kappa shape index (κ1) is 21.8. The number of aromatic nitrogens is 1. The number of hydrogen-bond acceptors (Lipinski definition) is 5. The SMILES string of the molecule is CN(c1ccccc1)c1nc(C(=O)NC[C@@H]2CCCN(Cc3cccc(Cl)c3)C2)cs1. The molecular formula is C24H27ClN4OS. The predicted octanol–water partition coefficient (Wildman–Crippen LogP) is 5.21. The van der Waals surface area contributed by atoms with E-state index < -0.39 is 0 Å². The molecule has 162 valence electrons. The Morgan fingerprint density at radius 3 is 2.90 bits per heavy atom. The number of thiazole rings is 1. The van der Waals surface area contributed by atoms with Gasteiger partial charge in [0.15, 0.2) is 5.13 Å². The molecule has 1 aliphatic rings. The minimum atomic E-state index is -0.101. The Morgan fingerprint density at radius 2 is 2.10 bits per heavy atom. The number of likely N-dealkylation sites (tertiary alicyclic amines) is 1. The van der Waals surface area contributed by atoms with Gasteiger partial charge in [-0.1, -0.05) is 41.9 Å². The lowest BCUT2D eigenvalue weighted by molar-refractivity contribution is 0.0926. The van der Waals surface area contributed by atoms with Crippen molar-refractivity contribution in [3.8, 4) is 0 Å². The minimum Gasteiger partial charge on any atom is -0.350 e. The first-order chi connectivity index (χ1) is 15.1. The van der Waals surface area contributed by atoms with Gasteiger partial charge in [-0.3, -0.25) is 9.69 Å². The maximum atomic E-state index is 12.7. The summed E-state index contributed by atoms with van der Waals surface area (Å²) in [5.41, 5.74) is 2.76. The third-order valence-electron chi connectivity index (χ3n) is 5.60. The summed E-state index contributed by atoms with van der Waals surface area (Å²) >= 11 is 7.60. The fourth-order valence-corrected chi connectivity index (χ4v) is 4.97. The van der Waals surface area contributed by atoms with Gasteiger partial charge < -0.3 is 10.2 Å². The number of carbonyl (C=O) groups excluding carboxylic acids is 1. The normalized spacial score (nSPS) is 16.8. The van der Waals surface area contributed by atoms with Crippen molar-refractivity contribution in [2.75, 3.05) is 31.6 Å². The van der Waals surface area contributed by atoms with Gasteiger partial charge in [0.05, 0.1) is 0 Å². The van der Waals surface area contributed by atoms with Crippen LogP contribution in [0.3, 0.4) is 0 Å². The second-order valence-corrected chi connectivity index (χ2v) is 9.27. The van der Waals surface area contributed by atoms with Crippen LogP contribution in [0.2, 0.25) is 5.02 Å². The van der Waals surface area contributed by atoms with E-state index in [4.69, 9.17) is 11.6 Å². The van der Waals surface area contributed by atoms with Gasteiger partial charge in [-0.05, 0) is 55.1 Å². The number of nitrogens with one attached hydrogen (secondary N) is 1. The summed E-state index contributed by atoms with van der Waals surface area (Å²) in [7, 11) is 1.96. The topological polar surface area (TPSA) is 48.5 Å². The zero-order valence-corrected chi connectivity index (χ0v) is 19.2. The van der Waals surface area contributed by atoms with Gasteiger partial charge in [0, 0.05) is 42.8 Å². The third-order valence-corrected chi connectivity index (χ3v) is 6.76. The molecule has 1 amide bonds. The van der Waals surface area contributed by atoms with Crippen LogP contribution in [0.4, 0.5) is 10.8 Å². The van der Waals surface area contributed by atoms with Gasteiger partial charge in [-0.15, -0.1) is 11.3 Å². The summed E-state index contributed by atoms with van der Waals surface area (Å²) in [5.74, 6) is 0.345. The summed E-state index contributed by atoms with van der Waals surface area (Å²) in [6, 6.07) is 18.1. The van der Waals surface area contributed by atoms with Gasteiger partial charge in [-0.25, -0.2) is 4.98 Å². The molecule has 4 rings (SSSR count). The summed E-state index contributed by atoms with van der Waals surface area (Å²) in [6.45, 7) is 3.63. The van der Waals surface area contributed by atoms with Crippen molar-refractivity contribution in [3.05, 3.63) is 76.3 Å². The Bertz CT molecular complexity index is 1010. The number of nitrogens with zero attached hydrogens (tertiary/aromatic N) is 3. The van der Waals surface area contributed by atoms with Crippen molar-refractivity contribution in [2.24, 2.45) is 5.92 Å². The fourth-order valence-electron chi connectivity index (χ4n) is 3.97. The smallest absolute Gasteiger partial charge is 0.270 e. The van der Waals surface area contributed by atoms with E-state index in [-0.39, 0.29) is 5.91 Å². The molecule has 2 heterocycles. The first-order valence-electron chi connectivity index (χ1n) is 10.6. The molecule has 1 saturated heterocycles. The van der Waals surface area contributed by atoms with Crippen LogP contribution in [-0.2, 0) is 6.54 Å². The number of para-hydroxylation sites is 1. The van der Waals surface area contributed by atoms with E-state index in [1.54, 1.807) is 0 Å². The molecule has 5 nitrogen and oxygen atoms in total. The highest BCUT2D eigenvalue weighted by atomic mass is 35.5. The molecule has 1 aliphatic heterocycles. The van der Waals surface area contributed by atoms with E-state index in [0.29, 0.717) is 18.2 Å². The number of halogens is 1. The van der Waals surface area contributed by atoms with Crippen molar-refractivity contribution < 1.29 is 4.79 Å². The van der Waals surface area contributed by atoms with E-state index >= 15 is 0 Å². The van der Waals surface area contributed by atoms with E-state index in [1.807, 2.05) is 65.9 Å². The van der Waals surface area contributed by atoms with Gasteiger partial charge in [0.1, 0.15) is 5.69 Å². The van der Waals surface area contributed by atoms with Crippen molar-refractivity contribution >= 4 is 39.7 Å². The molecule has 1 fully saturated rings. The maximum Gasteiger partial charge on any atom is 0.270 e. The number of carbonyl (C=O) groups is 1. The summed E-state index contributed by atoms with van der Waals surface area (Å²) in [5, 5.41) is 6.51. The highest BCUT2D eigenvalue weighted by Crippen LogP contribution is 2.26. The van der Waals surface area contributed by atoms with E-state index in [9.17, 15) is 4.79 Å². The Labute approximate surface area is 192 Å². The number of rotatable bonds is 7. The Morgan fingerprint density at radius 1 is 1.26 bits per heavy atom. The summed E-state index contributed by atoms with van der Waals surface area (Å²) < 4.78 is 0. The molecule has 0 saturated carbocycles. The number of piperidine rings is 1. The van der Waals surface area contributed by atoms with Crippen molar-refractivity contribution in [1.29, 1.82) is 0 Å². The number of benzene rings is 2. The van der Waals surface area contributed by atoms with Crippen LogP contribution in [0.25, 0.3) is 0 Å². The van der Waals surface area contributed by atoms with E-state index in [0.717, 1.165) is 48.3 Å². The first-order valence-corrected chi connectivity index (χ1v) is 11.8. The molecule has 0 spiro atoms. The Kier molecular flexibility index (Phi) is 7.22. The molecule has 7 heteroatoms. The van der Waals surface area contributed by atoms with Crippen LogP contribution in [0.15, 0.2) is 60.0 Å². The molecule has 31 heavy (non-hydrogen) atoms. The lowest BCUT2D eigenvalue weighted by atomic mass is 9.97. The van der Waals surface area contributed by atoms with Crippen LogP contribution >= 0.6 is 22.9 Å². The predicted molar refractivity (Wildman–Crippen MR) is 128 cm³/mol. The monoisotopic (exact) mass is 454 g/mol. The van der Waals surface area contributed by atoms with Crippen LogP contribution < -0.4 is 10.2 Å². The molecular weight excluding hydrogens is 428 g/mol. The quantitative estimate of drug-likeness (QED) is 0.532. The van der Waals surface area contributed by atoms with Crippen LogP contribution in [0, 0.1) is 5.92 Å². The second kappa shape index (κ2) is 10.3. The van der Waals surface area contributed by atoms with Crippen LogP contribution in [0.1, 0.15) is 28.9 Å². The maximum absolute atomic E-state index is 12.7. The lowest BCUT2D eigenvalue weighted by Crippen LogP contribution is -2.40. The van der Waals surface area contributed by atoms with Gasteiger partial charge in [0.25, 0.3) is 5.91 Å². The molecule has 0 bridgehead atoms. The third kappa shape index (κ3) is 5.85. The van der Waals surface area contributed by atoms with Gasteiger partial charge >= 0.3 is 0 Å². The van der Waals surface area contributed by atoms with Crippen molar-refractivity contribution in [1.82, 2.24) is 15.2 Å². The Hall–Kier alpha value is -2.41. The average molecular weight is 455 g/mol. The standard InChI is InChI=1S/C24H27ClN4OS/c1-28(21-10-3-2-4-11-21)24-27-22(17-31-24)23(30)26-14-19-8-6-12-29(16-19)15-18-7-5-9-20(25)13-18/h2-5,7,9-11,13,17,19H,6,8,12,14-16H2,1H3,(H,26,30)/t19-/m0/s1. The molecule has 1 aromatic heterocycles. The van der Waals surface area contributed by atoms with Crippen LogP contribution in [-0.4, -0.2) is 42.5 Å². The van der Waals surface area contributed by atoms with Crippen molar-refractivity contribution in [2.45, 2.75) is 19.4 Å². The fraction of sp³-hybridized carbons (Fsp3) is 0.333. The number of hydrogen-bond donors (Lipinski definition) is 1. The van der Waals surface area contributed by atoms with Gasteiger partial charge in [-0.2, -0.15) is 0 Å². The summed E-state index contributed by atoms with van der Waals surface area (Å²) in [6.07, 6.45) is 2.27. The molecule has 0 unspecified atom stereocenters. The molecule has 1 atom stereocenters. The minimum absolute atomic E-state index is 0.101. The molecule has 2 aromatic carbocycles. The number of anilines is 2. The Balaban J connectivity index is 1.29.